The molecule has 0 bridgehead atoms. The molecule has 0 aromatic rings. The Morgan fingerprint density at radius 3 is 2.25 bits per heavy atom. The van der Waals surface area contributed by atoms with Gasteiger partial charge in [0.1, 0.15) is 0 Å². The van der Waals surface area contributed by atoms with E-state index in [1.807, 2.05) is 6.92 Å². The molecule has 0 aromatic heterocycles. The lowest BCUT2D eigenvalue weighted by atomic mass is 10.2. The molecular weight excluding hydrogens is 104 g/mol. The van der Waals surface area contributed by atoms with Gasteiger partial charge in [0.25, 0.3) is 0 Å². The number of nitrogens with two attached hydrogens (primary N) is 2. The predicted octanol–water partition coefficient (Wildman–Crippen LogP) is -0.791. The van der Waals surface area contributed by atoms with E-state index in [9.17, 15) is 4.79 Å². The van der Waals surface area contributed by atoms with Crippen molar-refractivity contribution >= 4 is 5.91 Å². The first-order chi connectivity index (χ1) is 3.57. The molecule has 0 heterocycles. The molecule has 3 heteroatoms. The van der Waals surface area contributed by atoms with Crippen LogP contribution >= 0.6 is 0 Å². The van der Waals surface area contributed by atoms with Gasteiger partial charge in [-0.05, 0) is 12.3 Å². The van der Waals surface area contributed by atoms with Gasteiger partial charge in [0.2, 0.25) is 5.91 Å². The lowest BCUT2D eigenvalue weighted by molar-refractivity contribution is -0.120. The predicted molar refractivity (Wildman–Crippen MR) is 29.9 cm³/mol. The molecule has 1 rings (SSSR count). The molecule has 1 aliphatic carbocycles. The molecule has 0 aromatic carbocycles. The average Bonchev–Trinajstić information content (AvgIpc) is 2.17. The standard InChI is InChI=1S/C5H10N2O/c1-3-2-5(3,7)4(6)8/h3H,2,7H2,1H3,(H2,6,8). The number of carbonyl (C=O) groups is 1. The van der Waals surface area contributed by atoms with Crippen molar-refractivity contribution in [3.63, 3.8) is 0 Å². The van der Waals surface area contributed by atoms with E-state index in [-0.39, 0.29) is 5.91 Å². The minimum Gasteiger partial charge on any atom is -0.368 e. The summed E-state index contributed by atoms with van der Waals surface area (Å²) in [6.07, 6.45) is 0.752. The number of carbonyl (C=O) groups excluding carboxylic acids is 1. The Labute approximate surface area is 48.0 Å². The molecule has 46 valence electrons. The third-order valence-corrected chi connectivity index (χ3v) is 1.82. The highest BCUT2D eigenvalue weighted by atomic mass is 16.1. The third-order valence-electron chi connectivity index (χ3n) is 1.82. The Morgan fingerprint density at radius 1 is 1.88 bits per heavy atom. The summed E-state index contributed by atoms with van der Waals surface area (Å²) in [7, 11) is 0. The van der Waals surface area contributed by atoms with Crippen molar-refractivity contribution in [1.29, 1.82) is 0 Å². The van der Waals surface area contributed by atoms with E-state index < -0.39 is 5.54 Å². The molecule has 1 amide bonds. The minimum atomic E-state index is -0.653. The second-order valence-electron chi connectivity index (χ2n) is 2.51. The van der Waals surface area contributed by atoms with Crippen LogP contribution in [0.25, 0.3) is 0 Å². The largest absolute Gasteiger partial charge is 0.368 e. The van der Waals surface area contributed by atoms with E-state index in [4.69, 9.17) is 11.5 Å². The van der Waals surface area contributed by atoms with Crippen molar-refractivity contribution in [3.8, 4) is 0 Å². The van der Waals surface area contributed by atoms with Crippen LogP contribution in [0, 0.1) is 5.92 Å². The first-order valence-electron chi connectivity index (χ1n) is 2.66. The van der Waals surface area contributed by atoms with E-state index >= 15 is 0 Å². The molecule has 2 unspecified atom stereocenters. The Kier molecular flexibility index (Phi) is 0.854. The van der Waals surface area contributed by atoms with E-state index in [0.29, 0.717) is 5.92 Å². The third kappa shape index (κ3) is 0.512. The summed E-state index contributed by atoms with van der Waals surface area (Å²) in [4.78, 5) is 10.4. The van der Waals surface area contributed by atoms with Gasteiger partial charge in [0, 0.05) is 0 Å². The minimum absolute atomic E-state index is 0.292. The Balaban J connectivity index is 2.60. The molecule has 1 saturated carbocycles. The average molecular weight is 114 g/mol. The maximum absolute atomic E-state index is 10.4. The summed E-state index contributed by atoms with van der Waals surface area (Å²) in [5, 5.41) is 0. The van der Waals surface area contributed by atoms with Crippen LogP contribution in [-0.2, 0) is 4.79 Å². The molecule has 3 nitrogen and oxygen atoms in total. The lowest BCUT2D eigenvalue weighted by Gasteiger charge is -2.00. The van der Waals surface area contributed by atoms with E-state index in [1.54, 1.807) is 0 Å². The van der Waals surface area contributed by atoms with Crippen molar-refractivity contribution in [3.05, 3.63) is 0 Å². The van der Waals surface area contributed by atoms with Crippen LogP contribution in [0.3, 0.4) is 0 Å². The van der Waals surface area contributed by atoms with Gasteiger partial charge in [-0.25, -0.2) is 0 Å². The van der Waals surface area contributed by atoms with Gasteiger partial charge < -0.3 is 11.5 Å². The highest BCUT2D eigenvalue weighted by Gasteiger charge is 2.52. The fraction of sp³-hybridized carbons (Fsp3) is 0.800. The van der Waals surface area contributed by atoms with Crippen LogP contribution in [0.2, 0.25) is 0 Å². The van der Waals surface area contributed by atoms with Crippen molar-refractivity contribution < 1.29 is 4.79 Å². The van der Waals surface area contributed by atoms with E-state index in [2.05, 4.69) is 0 Å². The number of rotatable bonds is 1. The molecule has 0 radical (unpaired) electrons. The van der Waals surface area contributed by atoms with Gasteiger partial charge in [-0.2, -0.15) is 0 Å². The maximum Gasteiger partial charge on any atom is 0.237 e. The Morgan fingerprint density at radius 2 is 2.25 bits per heavy atom. The molecule has 4 N–H and O–H groups in total. The summed E-state index contributed by atoms with van der Waals surface area (Å²) in [6.45, 7) is 1.92. The molecular formula is C5H10N2O. The van der Waals surface area contributed by atoms with Gasteiger partial charge in [0.05, 0.1) is 5.54 Å². The van der Waals surface area contributed by atoms with Crippen molar-refractivity contribution in [1.82, 2.24) is 0 Å². The summed E-state index contributed by atoms with van der Waals surface area (Å²) in [5.74, 6) is -0.0787. The zero-order valence-electron chi connectivity index (χ0n) is 4.85. The fourth-order valence-corrected chi connectivity index (χ4v) is 0.791. The van der Waals surface area contributed by atoms with Gasteiger partial charge in [0.15, 0.2) is 0 Å². The summed E-state index contributed by atoms with van der Waals surface area (Å²) >= 11 is 0. The number of amides is 1. The van der Waals surface area contributed by atoms with Gasteiger partial charge >= 0.3 is 0 Å². The second kappa shape index (κ2) is 1.23. The molecule has 0 spiro atoms. The molecule has 1 fully saturated rings. The topological polar surface area (TPSA) is 69.1 Å². The molecule has 1 aliphatic rings. The van der Waals surface area contributed by atoms with E-state index in [1.165, 1.54) is 0 Å². The molecule has 8 heavy (non-hydrogen) atoms. The summed E-state index contributed by atoms with van der Waals surface area (Å²) in [6, 6.07) is 0. The van der Waals surface area contributed by atoms with Gasteiger partial charge in [-0.1, -0.05) is 6.92 Å². The molecule has 0 saturated heterocycles. The zero-order valence-corrected chi connectivity index (χ0v) is 4.85. The second-order valence-corrected chi connectivity index (χ2v) is 2.51. The van der Waals surface area contributed by atoms with Crippen LogP contribution in [0.4, 0.5) is 0 Å². The number of hydrogen-bond acceptors (Lipinski definition) is 2. The highest BCUT2D eigenvalue weighted by Crippen LogP contribution is 2.39. The van der Waals surface area contributed by atoms with Gasteiger partial charge in [-0.15, -0.1) is 0 Å². The fourth-order valence-electron chi connectivity index (χ4n) is 0.791. The van der Waals surface area contributed by atoms with Crippen LogP contribution < -0.4 is 11.5 Å². The van der Waals surface area contributed by atoms with Crippen molar-refractivity contribution in [2.24, 2.45) is 17.4 Å². The number of hydrogen-bond donors (Lipinski definition) is 2. The summed E-state index contributed by atoms with van der Waals surface area (Å²) in [5.41, 5.74) is 9.76. The monoisotopic (exact) mass is 114 g/mol. The molecule has 2 atom stereocenters. The van der Waals surface area contributed by atoms with Crippen LogP contribution in [0.15, 0.2) is 0 Å². The van der Waals surface area contributed by atoms with Crippen LogP contribution in [-0.4, -0.2) is 11.4 Å². The first kappa shape index (κ1) is 5.56. The van der Waals surface area contributed by atoms with Crippen molar-refractivity contribution in [2.45, 2.75) is 18.9 Å². The highest BCUT2D eigenvalue weighted by molar-refractivity contribution is 5.88. The number of primary amides is 1. The Hall–Kier alpha value is -0.570. The SMILES string of the molecule is CC1CC1(N)C(N)=O. The van der Waals surface area contributed by atoms with Crippen LogP contribution in [0.5, 0.6) is 0 Å². The van der Waals surface area contributed by atoms with E-state index in [0.717, 1.165) is 6.42 Å². The summed E-state index contributed by atoms with van der Waals surface area (Å²) < 4.78 is 0. The quantitative estimate of drug-likeness (QED) is 0.469. The lowest BCUT2D eigenvalue weighted by Crippen LogP contribution is -2.40. The smallest absolute Gasteiger partial charge is 0.237 e. The maximum atomic E-state index is 10.4. The first-order valence-corrected chi connectivity index (χ1v) is 2.66. The molecule has 0 aliphatic heterocycles. The zero-order chi connectivity index (χ0) is 6.36. The Bertz CT molecular complexity index is 134. The van der Waals surface area contributed by atoms with Crippen LogP contribution in [0.1, 0.15) is 13.3 Å². The van der Waals surface area contributed by atoms with Crippen molar-refractivity contribution in [2.75, 3.05) is 0 Å². The van der Waals surface area contributed by atoms with Gasteiger partial charge in [-0.3, -0.25) is 4.79 Å². The normalized spacial score (nSPS) is 44.0.